The van der Waals surface area contributed by atoms with E-state index in [0.717, 1.165) is 0 Å². The van der Waals surface area contributed by atoms with Crippen LogP contribution in [0, 0.1) is 0 Å². The van der Waals surface area contributed by atoms with Gasteiger partial charge in [-0.3, -0.25) is 19.7 Å². The molecule has 7 rings (SSSR count). The summed E-state index contributed by atoms with van der Waals surface area (Å²) in [5, 5.41) is 102. The number of carbonyl (C=O) groups excluding carboxylic acids is 5. The van der Waals surface area contributed by atoms with Gasteiger partial charge >= 0.3 is 47.7 Å². The van der Waals surface area contributed by atoms with Gasteiger partial charge in [0.2, 0.25) is 12.1 Å². The molecule has 0 unspecified atom stereocenters. The van der Waals surface area contributed by atoms with Crippen LogP contribution >= 0.6 is 0 Å². The number of aliphatic carboxylic acids is 1. The first-order valence-corrected chi connectivity index (χ1v) is 19.9. The number of amides is 2. The van der Waals surface area contributed by atoms with Crippen LogP contribution in [-0.2, 0) is 46.3 Å². The minimum absolute atomic E-state index is 0. The number of carboxylic acid groups (broad SMARTS) is 1. The van der Waals surface area contributed by atoms with Gasteiger partial charge in [0, 0.05) is 41.6 Å². The number of ether oxygens (including phenoxy) is 6. The van der Waals surface area contributed by atoms with E-state index in [1.54, 1.807) is 0 Å². The van der Waals surface area contributed by atoms with Crippen molar-refractivity contribution in [2.24, 2.45) is 0 Å². The Balaban J connectivity index is 0.00000720. The number of carbonyl (C=O) groups is 6. The zero-order valence-corrected chi connectivity index (χ0v) is 37.2. The summed E-state index contributed by atoms with van der Waals surface area (Å²) in [6, 6.07) is 8.63. The van der Waals surface area contributed by atoms with Crippen LogP contribution in [0.15, 0.2) is 42.5 Å². The van der Waals surface area contributed by atoms with Gasteiger partial charge < -0.3 is 79.7 Å². The summed E-state index contributed by atoms with van der Waals surface area (Å²) >= 11 is 0. The average Bonchev–Trinajstić information content (AvgIpc) is 3.27. The number of alkyl carbamates (subject to hydrolysis) is 1. The zero-order chi connectivity index (χ0) is 47.2. The largest absolute Gasteiger partial charge is 1.00 e. The Labute approximate surface area is 395 Å². The predicted octanol–water partition coefficient (Wildman–Crippen LogP) is -4.22. The van der Waals surface area contributed by atoms with E-state index in [9.17, 15) is 74.7 Å². The van der Waals surface area contributed by atoms with Crippen molar-refractivity contribution >= 4 is 41.2 Å². The summed E-state index contributed by atoms with van der Waals surface area (Å²) in [4.78, 5) is 77.4. The summed E-state index contributed by atoms with van der Waals surface area (Å²) in [6.07, 6.45) is -19.3. The normalized spacial score (nSPS) is 28.9. The van der Waals surface area contributed by atoms with Crippen LogP contribution in [0.3, 0.4) is 0 Å². The number of hydrogen-bond acceptors (Lipinski definition) is 20. The fourth-order valence-electron chi connectivity index (χ4n) is 8.27. The minimum Gasteiger partial charge on any atom is -0.872 e. The van der Waals surface area contributed by atoms with Crippen LogP contribution in [-0.4, -0.2) is 151 Å². The summed E-state index contributed by atoms with van der Waals surface area (Å²) in [6.45, 7) is -0.0463. The molecule has 10 N–H and O–H groups in total. The number of aliphatic hydroxyl groups is 6. The second-order valence-electron chi connectivity index (χ2n) is 15.8. The monoisotopic (exact) mass is 934 g/mol. The molecule has 348 valence electrons. The molecular weight excluding hydrogens is 891 g/mol. The van der Waals surface area contributed by atoms with Gasteiger partial charge in [-0.2, -0.15) is 0 Å². The molecule has 2 aliphatic carbocycles. The summed E-state index contributed by atoms with van der Waals surface area (Å²) in [7, 11) is 1.26. The first-order valence-electron chi connectivity index (χ1n) is 19.9. The minimum atomic E-state index is -2.45. The van der Waals surface area contributed by atoms with Crippen LogP contribution < -0.4 is 50.0 Å². The number of hydrogen-bond donors (Lipinski definition) is 10. The molecule has 23 nitrogen and oxygen atoms in total. The Morgan fingerprint density at radius 2 is 1.61 bits per heavy atom. The molecule has 0 saturated carbocycles. The van der Waals surface area contributed by atoms with E-state index in [2.05, 4.69) is 10.6 Å². The predicted molar refractivity (Wildman–Crippen MR) is 210 cm³/mol. The maximum absolute atomic E-state index is 14.1. The molecule has 2 fully saturated rings. The van der Waals surface area contributed by atoms with Crippen LogP contribution in [0.1, 0.15) is 74.4 Å². The van der Waals surface area contributed by atoms with Crippen molar-refractivity contribution in [2.45, 2.75) is 99.7 Å². The molecule has 0 spiro atoms. The van der Waals surface area contributed by atoms with Crippen LogP contribution in [0.4, 0.5) is 15.3 Å². The standard InChI is InChI=1S/C42H44N2O21.Na/c1-15-29(47)20(44-40(57)61-14-16-6-8-17(9-7-16)43-41(58)65-39-36(54)34(52)35(53)37(64-39)38(55)56)10-24(62-15)63-22-12-42(59,23(46)13-45)11-19-26(22)33(51)28-27(31(19)49)30(48)18-4-3-5-21(60-2)25(18)32(28)50;/h3-9,15,20,22,24,29,34-37,39,45,47,49,51-54,59H,10-14H2,1-2H3,(H,43,58)(H,44,57)(H,55,56);/q;+1/p-1/t15-,20-,22-,24-,29+,34-,35-,36+,37-,39-,42-;/m0./s1. The molecule has 2 saturated heterocycles. The first-order chi connectivity index (χ1) is 30.8. The number of anilines is 1. The van der Waals surface area contributed by atoms with Crippen molar-refractivity contribution in [3.05, 3.63) is 81.4 Å². The van der Waals surface area contributed by atoms with Crippen molar-refractivity contribution < 1.29 is 133 Å². The zero-order valence-electron chi connectivity index (χ0n) is 35.2. The Bertz CT molecular complexity index is 2420. The van der Waals surface area contributed by atoms with Gasteiger partial charge in [-0.05, 0) is 36.2 Å². The Morgan fingerprint density at radius 3 is 2.26 bits per heavy atom. The quantitative estimate of drug-likeness (QED) is 0.0637. The molecule has 0 aromatic heterocycles. The number of ketones is 3. The molecule has 4 aliphatic rings. The number of phenolic OH excluding ortho intramolecular Hbond substituents is 1. The number of aliphatic hydroxyl groups excluding tert-OH is 5. The smallest absolute Gasteiger partial charge is 0.872 e. The van der Waals surface area contributed by atoms with Crippen LogP contribution in [0.5, 0.6) is 17.2 Å². The number of aromatic hydroxyl groups is 1. The molecular formula is C42H43N2NaO21. The van der Waals surface area contributed by atoms with E-state index in [1.807, 2.05) is 0 Å². The van der Waals surface area contributed by atoms with Crippen LogP contribution in [0.2, 0.25) is 0 Å². The average molecular weight is 935 g/mol. The Kier molecular flexibility index (Phi) is 15.1. The molecule has 66 heavy (non-hydrogen) atoms. The van der Waals surface area contributed by atoms with E-state index < -0.39 is 150 Å². The summed E-state index contributed by atoms with van der Waals surface area (Å²) in [5.74, 6) is -6.50. The van der Waals surface area contributed by atoms with Crippen molar-refractivity contribution in [2.75, 3.05) is 19.0 Å². The van der Waals surface area contributed by atoms with Crippen LogP contribution in [0.25, 0.3) is 0 Å². The first kappa shape index (κ1) is 50.1. The van der Waals surface area contributed by atoms with Gasteiger partial charge in [-0.25, -0.2) is 14.4 Å². The Hall–Kier alpha value is -5.28. The number of Topliss-reactive ketones (excluding diaryl/α,β-unsaturated/α-hetero) is 1. The molecule has 0 radical (unpaired) electrons. The maximum atomic E-state index is 14.1. The van der Waals surface area contributed by atoms with Gasteiger partial charge in [0.25, 0.3) is 0 Å². The van der Waals surface area contributed by atoms with Gasteiger partial charge in [0.1, 0.15) is 54.7 Å². The van der Waals surface area contributed by atoms with E-state index >= 15 is 0 Å². The molecule has 24 heteroatoms. The van der Waals surface area contributed by atoms with Gasteiger partial charge in [0.15, 0.2) is 24.0 Å². The molecule has 11 atom stereocenters. The number of benzene rings is 3. The van der Waals surface area contributed by atoms with Gasteiger partial charge in [0.05, 0.1) is 36.5 Å². The van der Waals surface area contributed by atoms with Gasteiger partial charge in [-0.1, -0.05) is 30.0 Å². The second-order valence-corrected chi connectivity index (χ2v) is 15.8. The second kappa shape index (κ2) is 19.9. The van der Waals surface area contributed by atoms with E-state index in [1.165, 1.54) is 56.5 Å². The maximum Gasteiger partial charge on any atom is 1.00 e. The molecule has 2 amide bonds. The van der Waals surface area contributed by atoms with Crippen molar-refractivity contribution in [3.8, 4) is 17.2 Å². The molecule has 2 heterocycles. The third-order valence-electron chi connectivity index (χ3n) is 11.6. The number of rotatable bonds is 11. The topological polar surface area (TPSA) is 367 Å². The molecule has 0 bridgehead atoms. The van der Waals surface area contributed by atoms with Crippen molar-refractivity contribution in [1.29, 1.82) is 0 Å². The number of fused-ring (bicyclic) bond motifs is 3. The molecule has 2 aliphatic heterocycles. The molecule has 3 aromatic rings. The van der Waals surface area contributed by atoms with E-state index in [4.69, 9.17) is 28.4 Å². The number of methoxy groups -OCH3 is 1. The van der Waals surface area contributed by atoms with Crippen molar-refractivity contribution in [1.82, 2.24) is 5.32 Å². The fraction of sp³-hybridized carbons (Fsp3) is 0.429. The molecule has 3 aromatic carbocycles. The summed E-state index contributed by atoms with van der Waals surface area (Å²) in [5.41, 5.74) is -4.38. The number of carboxylic acids is 1. The van der Waals surface area contributed by atoms with E-state index in [0.29, 0.717) is 5.56 Å². The van der Waals surface area contributed by atoms with Crippen molar-refractivity contribution in [3.63, 3.8) is 0 Å². The summed E-state index contributed by atoms with van der Waals surface area (Å²) < 4.78 is 32.4. The SMILES string of the molecule is COc1cccc2c1C(=O)c1c(O)c3c(c([O-])c1C2=O)C[C@@](O)(C(=O)CO)C[C@@H]3O[C@H]1C[C@H](NC(=O)OCc2ccc(NC(=O)O[C@@H]3O[C@H](C(=O)O)[C@@H](O)[C@H](O)[C@H]3O)cc2)[C@H](O)[C@H](C)O1.[Na+]. The third-order valence-corrected chi connectivity index (χ3v) is 11.6. The Morgan fingerprint density at radius 1 is 0.909 bits per heavy atom. The van der Waals surface area contributed by atoms with Gasteiger partial charge in [-0.15, -0.1) is 0 Å². The van der Waals surface area contributed by atoms with E-state index in [-0.39, 0.29) is 70.7 Å². The fourth-order valence-corrected chi connectivity index (χ4v) is 8.27. The number of phenols is 1. The number of nitrogens with one attached hydrogen (secondary N) is 2. The third kappa shape index (κ3) is 9.47.